The minimum absolute atomic E-state index is 0.200. The molecule has 130 valence electrons. The summed E-state index contributed by atoms with van der Waals surface area (Å²) in [7, 11) is 0. The second-order valence-corrected chi connectivity index (χ2v) is 6.55. The molecule has 5 heteroatoms. The molecule has 2 heterocycles. The highest BCUT2D eigenvalue weighted by atomic mass is 16.3. The molecule has 1 aromatic heterocycles. The van der Waals surface area contributed by atoms with Crippen LogP contribution >= 0.6 is 0 Å². The van der Waals surface area contributed by atoms with Crippen LogP contribution in [0.4, 0.5) is 0 Å². The lowest BCUT2D eigenvalue weighted by atomic mass is 10.1. The van der Waals surface area contributed by atoms with Crippen LogP contribution in [0.25, 0.3) is 0 Å². The van der Waals surface area contributed by atoms with Gasteiger partial charge in [-0.15, -0.1) is 0 Å². The number of furan rings is 1. The van der Waals surface area contributed by atoms with Crippen LogP contribution in [0, 0.1) is 6.92 Å². The number of aryl methyl sites for hydroxylation is 1. The van der Waals surface area contributed by atoms with Gasteiger partial charge >= 0.3 is 0 Å². The minimum atomic E-state index is 0.200. The number of rotatable bonds is 6. The largest absolute Gasteiger partial charge is 0.508 e. The molecule has 1 aliphatic rings. The van der Waals surface area contributed by atoms with E-state index in [1.165, 1.54) is 5.56 Å². The Kier molecular flexibility index (Phi) is 5.56. The molecule has 0 radical (unpaired) electrons. The summed E-state index contributed by atoms with van der Waals surface area (Å²) in [5, 5.41) is 18.8. The van der Waals surface area contributed by atoms with E-state index in [-0.39, 0.29) is 6.61 Å². The molecule has 2 aromatic rings. The van der Waals surface area contributed by atoms with Crippen molar-refractivity contribution in [1.29, 1.82) is 0 Å². The van der Waals surface area contributed by atoms with Crippen molar-refractivity contribution in [3.8, 4) is 5.75 Å². The Morgan fingerprint density at radius 2 is 1.88 bits per heavy atom. The van der Waals surface area contributed by atoms with E-state index < -0.39 is 0 Å². The molecule has 0 amide bonds. The highest BCUT2D eigenvalue weighted by Crippen LogP contribution is 2.20. The van der Waals surface area contributed by atoms with Crippen molar-refractivity contribution in [2.75, 3.05) is 26.2 Å². The van der Waals surface area contributed by atoms with E-state index in [1.807, 2.05) is 31.2 Å². The van der Waals surface area contributed by atoms with Crippen LogP contribution in [0.15, 0.2) is 40.8 Å². The summed E-state index contributed by atoms with van der Waals surface area (Å²) < 4.78 is 5.70. The minimum Gasteiger partial charge on any atom is -0.508 e. The van der Waals surface area contributed by atoms with Gasteiger partial charge in [-0.05, 0) is 43.2 Å². The lowest BCUT2D eigenvalue weighted by Crippen LogP contribution is -2.52. The molecule has 24 heavy (non-hydrogen) atoms. The number of aliphatic hydroxyl groups is 1. The lowest BCUT2D eigenvalue weighted by Gasteiger charge is -2.41. The fourth-order valence-corrected chi connectivity index (χ4v) is 3.36. The first kappa shape index (κ1) is 17.0. The zero-order chi connectivity index (χ0) is 16.9. The van der Waals surface area contributed by atoms with Crippen molar-refractivity contribution in [3.63, 3.8) is 0 Å². The number of hydrogen-bond acceptors (Lipinski definition) is 5. The molecule has 0 aliphatic carbocycles. The average molecular weight is 330 g/mol. The van der Waals surface area contributed by atoms with Crippen LogP contribution in [-0.4, -0.2) is 52.3 Å². The van der Waals surface area contributed by atoms with Crippen molar-refractivity contribution < 1.29 is 14.6 Å². The standard InChI is InChI=1S/C19H26N2O3/c1-15-2-7-19(24-15)14-21-10-9-20(13-17(21)8-11-22)12-16-3-5-18(23)6-4-16/h2-7,17,22-23H,8-14H2,1H3/t17-/m0/s1. The summed E-state index contributed by atoms with van der Waals surface area (Å²) in [6.45, 7) is 6.71. The SMILES string of the molecule is Cc1ccc(CN2CCN(Cc3ccc(O)cc3)C[C@@H]2CCO)o1. The lowest BCUT2D eigenvalue weighted by molar-refractivity contribution is 0.0454. The number of aromatic hydroxyl groups is 1. The zero-order valence-corrected chi connectivity index (χ0v) is 14.2. The molecule has 0 unspecified atom stereocenters. The van der Waals surface area contributed by atoms with Gasteiger partial charge in [-0.3, -0.25) is 9.80 Å². The Morgan fingerprint density at radius 1 is 1.08 bits per heavy atom. The smallest absolute Gasteiger partial charge is 0.118 e. The van der Waals surface area contributed by atoms with Gasteiger partial charge < -0.3 is 14.6 Å². The number of phenolic OH excluding ortho intramolecular Hbond substituents is 1. The quantitative estimate of drug-likeness (QED) is 0.851. The monoisotopic (exact) mass is 330 g/mol. The van der Waals surface area contributed by atoms with Gasteiger partial charge in [0.05, 0.1) is 6.54 Å². The van der Waals surface area contributed by atoms with Gasteiger partial charge in [0.25, 0.3) is 0 Å². The van der Waals surface area contributed by atoms with Gasteiger partial charge in [-0.2, -0.15) is 0 Å². The van der Waals surface area contributed by atoms with Gasteiger partial charge in [0.15, 0.2) is 0 Å². The van der Waals surface area contributed by atoms with Crippen molar-refractivity contribution in [2.24, 2.45) is 0 Å². The Labute approximate surface area is 143 Å². The maximum absolute atomic E-state index is 9.42. The molecule has 1 atom stereocenters. The topological polar surface area (TPSA) is 60.1 Å². The van der Waals surface area contributed by atoms with E-state index in [9.17, 15) is 10.2 Å². The maximum Gasteiger partial charge on any atom is 0.118 e. The number of aliphatic hydroxyl groups excluding tert-OH is 1. The van der Waals surface area contributed by atoms with Crippen molar-refractivity contribution in [2.45, 2.75) is 32.5 Å². The second kappa shape index (κ2) is 7.83. The number of phenols is 1. The van der Waals surface area contributed by atoms with Crippen LogP contribution in [0.5, 0.6) is 5.75 Å². The third-order valence-corrected chi connectivity index (χ3v) is 4.65. The van der Waals surface area contributed by atoms with Crippen molar-refractivity contribution >= 4 is 0 Å². The van der Waals surface area contributed by atoms with Crippen LogP contribution < -0.4 is 0 Å². The number of benzene rings is 1. The first-order chi connectivity index (χ1) is 11.6. The van der Waals surface area contributed by atoms with Crippen molar-refractivity contribution in [1.82, 2.24) is 9.80 Å². The summed E-state index contributed by atoms with van der Waals surface area (Å²) in [4.78, 5) is 4.82. The third kappa shape index (κ3) is 4.38. The summed E-state index contributed by atoms with van der Waals surface area (Å²) >= 11 is 0. The van der Waals surface area contributed by atoms with E-state index >= 15 is 0 Å². The zero-order valence-electron chi connectivity index (χ0n) is 14.2. The number of piperazine rings is 1. The molecule has 5 nitrogen and oxygen atoms in total. The fourth-order valence-electron chi connectivity index (χ4n) is 3.36. The Balaban J connectivity index is 1.60. The number of hydrogen-bond donors (Lipinski definition) is 2. The molecule has 0 bridgehead atoms. The third-order valence-electron chi connectivity index (χ3n) is 4.65. The fraction of sp³-hybridized carbons (Fsp3) is 0.474. The molecule has 1 saturated heterocycles. The molecule has 3 rings (SSSR count). The van der Waals surface area contributed by atoms with E-state index in [2.05, 4.69) is 9.80 Å². The predicted molar refractivity (Wildman–Crippen MR) is 92.7 cm³/mol. The summed E-state index contributed by atoms with van der Waals surface area (Å²) in [6, 6.07) is 11.8. The summed E-state index contributed by atoms with van der Waals surface area (Å²) in [6.07, 6.45) is 0.770. The maximum atomic E-state index is 9.42. The first-order valence-electron chi connectivity index (χ1n) is 8.54. The normalized spacial score (nSPS) is 19.7. The van der Waals surface area contributed by atoms with Crippen LogP contribution in [0.3, 0.4) is 0 Å². The van der Waals surface area contributed by atoms with E-state index in [0.717, 1.165) is 50.7 Å². The van der Waals surface area contributed by atoms with Gasteiger partial charge in [0, 0.05) is 38.8 Å². The van der Waals surface area contributed by atoms with Gasteiger partial charge in [0.1, 0.15) is 17.3 Å². The first-order valence-corrected chi connectivity index (χ1v) is 8.54. The molecule has 0 saturated carbocycles. The molecule has 1 aliphatic heterocycles. The molecular formula is C19H26N2O3. The van der Waals surface area contributed by atoms with E-state index in [1.54, 1.807) is 12.1 Å². The Morgan fingerprint density at radius 3 is 2.54 bits per heavy atom. The highest BCUT2D eigenvalue weighted by Gasteiger charge is 2.27. The van der Waals surface area contributed by atoms with Crippen molar-refractivity contribution in [3.05, 3.63) is 53.5 Å². The molecule has 1 aromatic carbocycles. The molecule has 0 spiro atoms. The van der Waals surface area contributed by atoms with Crippen LogP contribution in [0.2, 0.25) is 0 Å². The van der Waals surface area contributed by atoms with Gasteiger partial charge in [0.2, 0.25) is 0 Å². The molecule has 2 N–H and O–H groups in total. The van der Waals surface area contributed by atoms with Gasteiger partial charge in [-0.1, -0.05) is 12.1 Å². The Bertz CT molecular complexity index is 638. The van der Waals surface area contributed by atoms with E-state index in [0.29, 0.717) is 11.8 Å². The predicted octanol–water partition coefficient (Wildman–Crippen LogP) is 2.36. The second-order valence-electron chi connectivity index (χ2n) is 6.55. The highest BCUT2D eigenvalue weighted by molar-refractivity contribution is 5.25. The average Bonchev–Trinajstić information content (AvgIpc) is 2.97. The van der Waals surface area contributed by atoms with E-state index in [4.69, 9.17) is 4.42 Å². The number of nitrogens with zero attached hydrogens (tertiary/aromatic N) is 2. The molecule has 1 fully saturated rings. The summed E-state index contributed by atoms with van der Waals surface area (Å²) in [5.41, 5.74) is 1.20. The van der Waals surface area contributed by atoms with Crippen LogP contribution in [-0.2, 0) is 13.1 Å². The molecular weight excluding hydrogens is 304 g/mol. The van der Waals surface area contributed by atoms with Crippen LogP contribution in [0.1, 0.15) is 23.5 Å². The summed E-state index contributed by atoms with van der Waals surface area (Å²) in [5.74, 6) is 2.23. The van der Waals surface area contributed by atoms with Gasteiger partial charge in [-0.25, -0.2) is 0 Å². The Hall–Kier alpha value is -1.82.